The second-order valence-electron chi connectivity index (χ2n) is 9.22. The smallest absolute Gasteiger partial charge is 0.259 e. The van der Waals surface area contributed by atoms with Crippen molar-refractivity contribution >= 4 is 34.6 Å². The standard InChI is InChI=1S/C30H24N6O8/c31-15-5-7-33-27(9-15)43-25-14-20(30(42)36-18-2-4-22(38)24(40)12-18)26(44-28-10-16(32)6-8-34-28)13-19(25)29(41)35-17-1-3-21(37)23(39)11-17/h1-14,37-40H,(H2,31,33)(H2,32,34)(H,35,41)(H,36,42). The van der Waals surface area contributed by atoms with Gasteiger partial charge in [-0.15, -0.1) is 0 Å². The van der Waals surface area contributed by atoms with Gasteiger partial charge in [-0.25, -0.2) is 9.97 Å². The first-order chi connectivity index (χ1) is 21.0. The van der Waals surface area contributed by atoms with Crippen LogP contribution >= 0.6 is 0 Å². The highest BCUT2D eigenvalue weighted by Gasteiger charge is 2.24. The number of phenols is 4. The average Bonchev–Trinajstić information content (AvgIpc) is 2.97. The molecule has 0 spiro atoms. The molecule has 0 aliphatic heterocycles. The van der Waals surface area contributed by atoms with Crippen LogP contribution in [0.2, 0.25) is 0 Å². The van der Waals surface area contributed by atoms with Crippen molar-refractivity contribution in [2.75, 3.05) is 22.1 Å². The van der Waals surface area contributed by atoms with Gasteiger partial charge in [-0.1, -0.05) is 0 Å². The number of hydrogen-bond donors (Lipinski definition) is 8. The minimum Gasteiger partial charge on any atom is -0.504 e. The number of aromatic hydroxyl groups is 4. The van der Waals surface area contributed by atoms with E-state index in [9.17, 15) is 30.0 Å². The van der Waals surface area contributed by atoms with E-state index in [0.29, 0.717) is 11.4 Å². The fraction of sp³-hybridized carbons (Fsp3) is 0. The molecule has 14 heteroatoms. The lowest BCUT2D eigenvalue weighted by Crippen LogP contribution is -2.17. The number of pyridine rings is 2. The summed E-state index contributed by atoms with van der Waals surface area (Å²) in [7, 11) is 0. The van der Waals surface area contributed by atoms with Gasteiger partial charge in [0.15, 0.2) is 23.0 Å². The van der Waals surface area contributed by atoms with E-state index in [1.54, 1.807) is 0 Å². The van der Waals surface area contributed by atoms with Crippen LogP contribution < -0.4 is 31.6 Å². The lowest BCUT2D eigenvalue weighted by Gasteiger charge is -2.17. The predicted octanol–water partition coefficient (Wildman–Crippen LogP) is 4.55. The van der Waals surface area contributed by atoms with E-state index in [1.807, 2.05) is 0 Å². The number of phenolic OH excluding ortho intramolecular Hbond substituents is 4. The molecule has 2 aromatic heterocycles. The lowest BCUT2D eigenvalue weighted by molar-refractivity contribution is 0.101. The van der Waals surface area contributed by atoms with Crippen molar-refractivity contribution in [3.8, 4) is 46.3 Å². The number of nitrogens with one attached hydrogen (secondary N) is 2. The van der Waals surface area contributed by atoms with Crippen LogP contribution in [-0.2, 0) is 0 Å². The van der Waals surface area contributed by atoms with Gasteiger partial charge in [0.2, 0.25) is 11.8 Å². The summed E-state index contributed by atoms with van der Waals surface area (Å²) in [4.78, 5) is 35.3. The molecule has 2 amide bonds. The summed E-state index contributed by atoms with van der Waals surface area (Å²) in [6.07, 6.45) is 2.77. The van der Waals surface area contributed by atoms with Crippen LogP contribution in [0.3, 0.4) is 0 Å². The van der Waals surface area contributed by atoms with Crippen LogP contribution in [0.1, 0.15) is 20.7 Å². The van der Waals surface area contributed by atoms with E-state index in [-0.39, 0.29) is 57.3 Å². The summed E-state index contributed by atoms with van der Waals surface area (Å²) >= 11 is 0. The fourth-order valence-electron chi connectivity index (χ4n) is 3.87. The van der Waals surface area contributed by atoms with E-state index in [0.717, 1.165) is 12.1 Å². The normalized spacial score (nSPS) is 10.5. The van der Waals surface area contributed by atoms with Gasteiger partial charge >= 0.3 is 0 Å². The molecule has 0 aliphatic carbocycles. The van der Waals surface area contributed by atoms with Gasteiger partial charge in [-0.2, -0.15) is 0 Å². The average molecular weight is 597 g/mol. The van der Waals surface area contributed by atoms with Gasteiger partial charge in [0.1, 0.15) is 11.5 Å². The molecule has 0 aliphatic rings. The predicted molar refractivity (Wildman–Crippen MR) is 159 cm³/mol. The molecule has 222 valence electrons. The number of nitrogens with zero attached hydrogens (tertiary/aromatic N) is 2. The molecule has 0 fully saturated rings. The maximum Gasteiger partial charge on any atom is 0.259 e. The first-order valence-corrected chi connectivity index (χ1v) is 12.7. The Morgan fingerprint density at radius 1 is 0.568 bits per heavy atom. The molecule has 3 aromatic carbocycles. The van der Waals surface area contributed by atoms with Gasteiger partial charge in [-0.3, -0.25) is 9.59 Å². The van der Waals surface area contributed by atoms with Crippen LogP contribution in [0.15, 0.2) is 85.2 Å². The number of carbonyl (C=O) groups excluding carboxylic acids is 2. The van der Waals surface area contributed by atoms with E-state index >= 15 is 0 Å². The maximum absolute atomic E-state index is 13.6. The lowest BCUT2D eigenvalue weighted by atomic mass is 10.1. The molecule has 0 bridgehead atoms. The number of anilines is 4. The van der Waals surface area contributed by atoms with E-state index in [4.69, 9.17) is 20.9 Å². The summed E-state index contributed by atoms with van der Waals surface area (Å²) in [5, 5.41) is 44.2. The third-order valence-corrected chi connectivity index (χ3v) is 5.98. The molecule has 0 radical (unpaired) electrons. The number of nitrogens with two attached hydrogens (primary N) is 2. The Morgan fingerprint density at radius 2 is 0.977 bits per heavy atom. The highest BCUT2D eigenvalue weighted by Crippen LogP contribution is 2.36. The number of nitrogen functional groups attached to an aromatic ring is 2. The van der Waals surface area contributed by atoms with Crippen LogP contribution in [0.4, 0.5) is 22.7 Å². The van der Waals surface area contributed by atoms with Crippen LogP contribution in [0.25, 0.3) is 0 Å². The SMILES string of the molecule is Nc1ccnc(Oc2cc(C(=O)Nc3ccc(O)c(O)c3)c(Oc3cc(N)ccn3)cc2C(=O)Nc2ccc(O)c(O)c2)c1. The molecule has 44 heavy (non-hydrogen) atoms. The molecule has 5 rings (SSSR count). The maximum atomic E-state index is 13.6. The van der Waals surface area contributed by atoms with Crippen molar-refractivity contribution in [1.29, 1.82) is 0 Å². The quantitative estimate of drug-likeness (QED) is 0.0909. The van der Waals surface area contributed by atoms with E-state index in [1.165, 1.54) is 73.1 Å². The number of aromatic nitrogens is 2. The van der Waals surface area contributed by atoms with Crippen molar-refractivity contribution in [3.63, 3.8) is 0 Å². The second kappa shape index (κ2) is 12.0. The van der Waals surface area contributed by atoms with Crippen molar-refractivity contribution in [2.24, 2.45) is 0 Å². The zero-order valence-electron chi connectivity index (χ0n) is 22.6. The summed E-state index contributed by atoms with van der Waals surface area (Å²) in [6, 6.07) is 15.7. The minimum atomic E-state index is -0.755. The molecular formula is C30H24N6O8. The second-order valence-corrected chi connectivity index (χ2v) is 9.22. The van der Waals surface area contributed by atoms with Crippen molar-refractivity contribution in [1.82, 2.24) is 9.97 Å². The number of hydrogen-bond acceptors (Lipinski definition) is 12. The Kier molecular flexibility index (Phi) is 7.88. The molecule has 10 N–H and O–H groups in total. The number of ether oxygens (including phenoxy) is 2. The Labute approximate surface area is 248 Å². The van der Waals surface area contributed by atoms with Gasteiger partial charge < -0.3 is 52.0 Å². The Balaban J connectivity index is 1.62. The zero-order valence-corrected chi connectivity index (χ0v) is 22.6. The molecule has 0 unspecified atom stereocenters. The molecule has 5 aromatic rings. The summed E-state index contributed by atoms with van der Waals surface area (Å²) in [5.41, 5.74) is 12.4. The topological polar surface area (TPSA) is 235 Å². The summed E-state index contributed by atoms with van der Waals surface area (Å²) < 4.78 is 11.8. The van der Waals surface area contributed by atoms with Crippen molar-refractivity contribution in [2.45, 2.75) is 0 Å². The van der Waals surface area contributed by atoms with E-state index in [2.05, 4.69) is 20.6 Å². The van der Waals surface area contributed by atoms with Crippen molar-refractivity contribution < 1.29 is 39.5 Å². The Morgan fingerprint density at radius 3 is 1.34 bits per heavy atom. The molecule has 0 atom stereocenters. The molecule has 14 nitrogen and oxygen atoms in total. The first kappa shape index (κ1) is 28.8. The van der Waals surface area contributed by atoms with E-state index < -0.39 is 23.3 Å². The summed E-state index contributed by atoms with van der Waals surface area (Å²) in [5.74, 6) is -3.50. The minimum absolute atomic E-state index is 0.00214. The molecular weight excluding hydrogens is 572 g/mol. The largest absolute Gasteiger partial charge is 0.504 e. The third-order valence-electron chi connectivity index (χ3n) is 5.98. The van der Waals surface area contributed by atoms with Crippen LogP contribution in [-0.4, -0.2) is 42.2 Å². The highest BCUT2D eigenvalue weighted by molar-refractivity contribution is 6.10. The molecule has 0 saturated heterocycles. The van der Waals surface area contributed by atoms with Gasteiger partial charge in [-0.05, 0) is 48.5 Å². The number of benzene rings is 3. The highest BCUT2D eigenvalue weighted by atomic mass is 16.5. The van der Waals surface area contributed by atoms with Gasteiger partial charge in [0.05, 0.1) is 11.1 Å². The van der Waals surface area contributed by atoms with Crippen molar-refractivity contribution in [3.05, 3.63) is 96.3 Å². The van der Waals surface area contributed by atoms with Gasteiger partial charge in [0.25, 0.3) is 11.8 Å². The number of amides is 2. The Bertz CT molecular complexity index is 1760. The number of carbonyl (C=O) groups is 2. The van der Waals surface area contributed by atoms with Crippen LogP contribution in [0, 0.1) is 0 Å². The monoisotopic (exact) mass is 596 g/mol. The number of rotatable bonds is 8. The first-order valence-electron chi connectivity index (χ1n) is 12.7. The molecule has 0 saturated carbocycles. The Hall–Kier alpha value is -6.70. The summed E-state index contributed by atoms with van der Waals surface area (Å²) in [6.45, 7) is 0. The molecule has 2 heterocycles. The van der Waals surface area contributed by atoms with Crippen LogP contribution in [0.5, 0.6) is 46.3 Å². The third kappa shape index (κ3) is 6.60. The fourth-order valence-corrected chi connectivity index (χ4v) is 3.87. The zero-order chi connectivity index (χ0) is 31.4. The van der Waals surface area contributed by atoms with Gasteiger partial charge in [0, 0.05) is 59.4 Å².